The van der Waals surface area contributed by atoms with Crippen LogP contribution < -0.4 is 11.1 Å². The Morgan fingerprint density at radius 2 is 2.27 bits per heavy atom. The van der Waals surface area contributed by atoms with Gasteiger partial charge < -0.3 is 11.1 Å². The molecule has 0 unspecified atom stereocenters. The van der Waals surface area contributed by atoms with Crippen molar-refractivity contribution in [1.29, 1.82) is 0 Å². The summed E-state index contributed by atoms with van der Waals surface area (Å²) < 4.78 is 0. The van der Waals surface area contributed by atoms with Gasteiger partial charge in [0.25, 0.3) is 0 Å². The van der Waals surface area contributed by atoms with Crippen LogP contribution >= 0.6 is 11.3 Å². The molecule has 0 radical (unpaired) electrons. The summed E-state index contributed by atoms with van der Waals surface area (Å²) in [6.45, 7) is 1.02. The molecule has 0 aliphatic carbocycles. The third kappa shape index (κ3) is 1.45. The van der Waals surface area contributed by atoms with E-state index in [0.717, 1.165) is 23.5 Å². The van der Waals surface area contributed by atoms with Gasteiger partial charge in [-0.1, -0.05) is 11.3 Å². The molecule has 1 aromatic carbocycles. The fourth-order valence-electron chi connectivity index (χ4n) is 1.79. The van der Waals surface area contributed by atoms with Crippen LogP contribution in [0.25, 0.3) is 10.6 Å². The first kappa shape index (κ1) is 8.67. The summed E-state index contributed by atoms with van der Waals surface area (Å²) in [5.74, 6) is 0. The van der Waals surface area contributed by atoms with Gasteiger partial charge in [-0.15, -0.1) is 10.2 Å². The van der Waals surface area contributed by atoms with Gasteiger partial charge >= 0.3 is 0 Å². The summed E-state index contributed by atoms with van der Waals surface area (Å²) in [5, 5.41) is 12.6. The van der Waals surface area contributed by atoms with Crippen LogP contribution in [0.2, 0.25) is 0 Å². The Bertz CT molecular complexity index is 506. The van der Waals surface area contributed by atoms with Crippen LogP contribution in [0.1, 0.15) is 5.56 Å². The average molecular weight is 218 g/mol. The lowest BCUT2D eigenvalue weighted by Crippen LogP contribution is -1.90. The zero-order valence-electron chi connectivity index (χ0n) is 8.03. The molecule has 3 N–H and O–H groups in total. The van der Waals surface area contributed by atoms with Crippen molar-refractivity contribution in [2.75, 3.05) is 17.6 Å². The fourth-order valence-corrected chi connectivity index (χ4v) is 2.40. The molecule has 3 rings (SSSR count). The Morgan fingerprint density at radius 1 is 1.33 bits per heavy atom. The lowest BCUT2D eigenvalue weighted by Gasteiger charge is -2.00. The Morgan fingerprint density at radius 3 is 3.07 bits per heavy atom. The highest BCUT2D eigenvalue weighted by molar-refractivity contribution is 7.18. The minimum atomic E-state index is 0.517. The molecule has 0 amide bonds. The van der Waals surface area contributed by atoms with Gasteiger partial charge in [0.2, 0.25) is 5.13 Å². The number of aromatic nitrogens is 2. The smallest absolute Gasteiger partial charge is 0.203 e. The van der Waals surface area contributed by atoms with Crippen LogP contribution in [0.3, 0.4) is 0 Å². The molecular weight excluding hydrogens is 208 g/mol. The highest BCUT2D eigenvalue weighted by Gasteiger charge is 2.12. The van der Waals surface area contributed by atoms with Crippen LogP contribution in [0.5, 0.6) is 0 Å². The highest BCUT2D eigenvalue weighted by atomic mass is 32.1. The summed E-state index contributed by atoms with van der Waals surface area (Å²) in [7, 11) is 0. The number of rotatable bonds is 1. The predicted molar refractivity (Wildman–Crippen MR) is 62.0 cm³/mol. The maximum atomic E-state index is 5.56. The van der Waals surface area contributed by atoms with Crippen molar-refractivity contribution in [3.05, 3.63) is 23.8 Å². The lowest BCUT2D eigenvalue weighted by molar-refractivity contribution is 1.10. The van der Waals surface area contributed by atoms with Crippen LogP contribution in [0.4, 0.5) is 10.8 Å². The van der Waals surface area contributed by atoms with Gasteiger partial charge in [-0.05, 0) is 30.2 Å². The van der Waals surface area contributed by atoms with Crippen LogP contribution in [-0.4, -0.2) is 16.7 Å². The van der Waals surface area contributed by atoms with E-state index in [1.807, 2.05) is 0 Å². The number of nitrogens with two attached hydrogens (primary N) is 1. The first-order valence-electron chi connectivity index (χ1n) is 4.79. The molecule has 0 spiro atoms. The van der Waals surface area contributed by atoms with Gasteiger partial charge in [0.15, 0.2) is 0 Å². The number of anilines is 2. The quantitative estimate of drug-likeness (QED) is 0.765. The number of fused-ring (bicyclic) bond motifs is 1. The molecule has 0 saturated carbocycles. The number of nitrogens with zero attached hydrogens (tertiary/aromatic N) is 2. The van der Waals surface area contributed by atoms with Crippen molar-refractivity contribution in [2.45, 2.75) is 6.42 Å². The maximum Gasteiger partial charge on any atom is 0.203 e. The molecule has 76 valence electrons. The van der Waals surface area contributed by atoms with Crippen molar-refractivity contribution in [2.24, 2.45) is 0 Å². The van der Waals surface area contributed by atoms with Crippen molar-refractivity contribution < 1.29 is 0 Å². The molecule has 0 atom stereocenters. The van der Waals surface area contributed by atoms with Crippen LogP contribution in [-0.2, 0) is 6.42 Å². The minimum Gasteiger partial charge on any atom is -0.384 e. The van der Waals surface area contributed by atoms with E-state index in [0.29, 0.717) is 5.13 Å². The van der Waals surface area contributed by atoms with Gasteiger partial charge in [0.05, 0.1) is 0 Å². The molecule has 1 aliphatic heterocycles. The fraction of sp³-hybridized carbons (Fsp3) is 0.200. The summed E-state index contributed by atoms with van der Waals surface area (Å²) in [5.41, 5.74) is 9.25. The molecule has 1 aliphatic rings. The molecule has 1 aromatic heterocycles. The van der Waals surface area contributed by atoms with E-state index in [9.17, 15) is 0 Å². The SMILES string of the molecule is Nc1nnc(-c2ccc3c(c2)CCN3)s1. The van der Waals surface area contributed by atoms with Gasteiger partial charge in [0, 0.05) is 17.8 Å². The van der Waals surface area contributed by atoms with Crippen LogP contribution in [0.15, 0.2) is 18.2 Å². The molecule has 0 bridgehead atoms. The van der Waals surface area contributed by atoms with Crippen molar-refractivity contribution in [3.8, 4) is 10.6 Å². The summed E-state index contributed by atoms with van der Waals surface area (Å²) >= 11 is 1.42. The summed E-state index contributed by atoms with van der Waals surface area (Å²) in [6.07, 6.45) is 1.08. The number of hydrogen-bond donors (Lipinski definition) is 2. The second-order valence-electron chi connectivity index (χ2n) is 3.49. The number of hydrogen-bond acceptors (Lipinski definition) is 5. The van der Waals surface area contributed by atoms with E-state index in [2.05, 4.69) is 33.7 Å². The average Bonchev–Trinajstić information content (AvgIpc) is 2.84. The predicted octanol–water partition coefficient (Wildman–Crippen LogP) is 1.76. The lowest BCUT2D eigenvalue weighted by atomic mass is 10.1. The van der Waals surface area contributed by atoms with E-state index >= 15 is 0 Å². The first-order valence-corrected chi connectivity index (χ1v) is 5.61. The largest absolute Gasteiger partial charge is 0.384 e. The van der Waals surface area contributed by atoms with E-state index in [1.54, 1.807) is 0 Å². The van der Waals surface area contributed by atoms with Gasteiger partial charge in [-0.25, -0.2) is 0 Å². The summed E-state index contributed by atoms with van der Waals surface area (Å²) in [6, 6.07) is 6.31. The molecule has 15 heavy (non-hydrogen) atoms. The second-order valence-corrected chi connectivity index (χ2v) is 4.50. The zero-order valence-corrected chi connectivity index (χ0v) is 8.84. The van der Waals surface area contributed by atoms with Gasteiger partial charge in [-0.3, -0.25) is 0 Å². The van der Waals surface area contributed by atoms with Crippen LogP contribution in [0, 0.1) is 0 Å². The molecular formula is C10H10N4S. The van der Waals surface area contributed by atoms with Gasteiger partial charge in [-0.2, -0.15) is 0 Å². The topological polar surface area (TPSA) is 63.8 Å². The second kappa shape index (κ2) is 3.20. The Balaban J connectivity index is 2.06. The molecule has 4 nitrogen and oxygen atoms in total. The first-order chi connectivity index (χ1) is 7.33. The number of benzene rings is 1. The van der Waals surface area contributed by atoms with Crippen molar-refractivity contribution in [3.63, 3.8) is 0 Å². The van der Waals surface area contributed by atoms with E-state index in [1.165, 1.54) is 22.6 Å². The van der Waals surface area contributed by atoms with E-state index < -0.39 is 0 Å². The molecule has 5 heteroatoms. The molecule has 0 fully saturated rings. The highest BCUT2D eigenvalue weighted by Crippen LogP contribution is 2.30. The Labute approximate surface area is 91.2 Å². The third-order valence-electron chi connectivity index (χ3n) is 2.50. The molecule has 2 aromatic rings. The third-order valence-corrected chi connectivity index (χ3v) is 3.30. The Hall–Kier alpha value is -1.62. The van der Waals surface area contributed by atoms with E-state index in [4.69, 9.17) is 5.73 Å². The number of nitrogens with one attached hydrogen (secondary N) is 1. The normalized spacial score (nSPS) is 13.6. The minimum absolute atomic E-state index is 0.517. The van der Waals surface area contributed by atoms with Gasteiger partial charge in [0.1, 0.15) is 5.01 Å². The molecule has 0 saturated heterocycles. The standard InChI is InChI=1S/C10H10N4S/c11-10-14-13-9(15-10)7-1-2-8-6(5-7)3-4-12-8/h1-2,5,12H,3-4H2,(H2,11,14). The maximum absolute atomic E-state index is 5.56. The summed E-state index contributed by atoms with van der Waals surface area (Å²) in [4.78, 5) is 0. The monoisotopic (exact) mass is 218 g/mol. The Kier molecular flexibility index (Phi) is 1.85. The number of nitrogen functional groups attached to an aromatic ring is 1. The molecule has 2 heterocycles. The van der Waals surface area contributed by atoms with E-state index in [-0.39, 0.29) is 0 Å². The van der Waals surface area contributed by atoms with Crippen molar-refractivity contribution in [1.82, 2.24) is 10.2 Å². The zero-order chi connectivity index (χ0) is 10.3. The van der Waals surface area contributed by atoms with Crippen molar-refractivity contribution >= 4 is 22.2 Å².